The van der Waals surface area contributed by atoms with E-state index in [4.69, 9.17) is 9.47 Å². The average molecular weight is 959 g/mol. The zero-order valence-corrected chi connectivity index (χ0v) is 39.1. The third-order valence-electron chi connectivity index (χ3n) is 11.0. The number of piperidine rings is 2. The van der Waals surface area contributed by atoms with Crippen molar-refractivity contribution in [3.63, 3.8) is 0 Å². The van der Waals surface area contributed by atoms with Crippen molar-refractivity contribution in [2.24, 2.45) is 0 Å². The molecule has 2 amide bonds. The lowest BCUT2D eigenvalue weighted by Crippen LogP contribution is -2.46. The number of aromatic nitrogens is 2. The van der Waals surface area contributed by atoms with E-state index in [0.29, 0.717) is 54.8 Å². The Bertz CT molecular complexity index is 2770. The summed E-state index contributed by atoms with van der Waals surface area (Å²) < 4.78 is 78.2. The molecule has 0 unspecified atom stereocenters. The monoisotopic (exact) mass is 958 g/mol. The van der Waals surface area contributed by atoms with Crippen LogP contribution in [0.5, 0.6) is 0 Å². The molecule has 4 heterocycles. The minimum atomic E-state index is -3.91. The molecule has 2 fully saturated rings. The molecule has 21 heteroatoms. The first-order valence-corrected chi connectivity index (χ1v) is 24.5. The fourth-order valence-electron chi connectivity index (χ4n) is 7.54. The highest BCUT2D eigenvalue weighted by atomic mass is 32.2. The van der Waals surface area contributed by atoms with E-state index < -0.39 is 60.1 Å². The molecule has 2 aromatic heterocycles. The number of nitrogens with one attached hydrogen (secondary N) is 2. The molecule has 0 atom stereocenters. The van der Waals surface area contributed by atoms with E-state index in [9.17, 15) is 50.9 Å². The minimum absolute atomic E-state index is 0.0134. The van der Waals surface area contributed by atoms with Gasteiger partial charge in [0.2, 0.25) is 31.9 Å². The SMILES string of the molecule is CCOC(=O)c1cc(C#N)c(N2CCC(S(=O)(=O)NC(=O)Cc3ccc(F)cc3)CC2)nc1C.CCOC(=O)c1cc(C#N)c(N2CCC(S(=O)(=O)NC(=O)Cc3ccccc3)CC2)nc1C. The lowest BCUT2D eigenvalue weighted by molar-refractivity contribution is -0.119. The van der Waals surface area contributed by atoms with Crippen LogP contribution in [0.15, 0.2) is 66.7 Å². The molecule has 0 saturated carbocycles. The summed E-state index contributed by atoms with van der Waals surface area (Å²) in [7, 11) is -7.74. The van der Waals surface area contributed by atoms with E-state index in [1.165, 1.54) is 36.4 Å². The van der Waals surface area contributed by atoms with Gasteiger partial charge < -0.3 is 19.3 Å². The number of halogens is 1. The number of esters is 2. The van der Waals surface area contributed by atoms with Crippen molar-refractivity contribution in [3.05, 3.63) is 117 Å². The third kappa shape index (κ3) is 13.6. The number of ether oxygens (including phenoxy) is 2. The molecule has 354 valence electrons. The number of aryl methyl sites for hydroxylation is 2. The lowest BCUT2D eigenvalue weighted by Gasteiger charge is -2.33. The van der Waals surface area contributed by atoms with Gasteiger partial charge >= 0.3 is 11.9 Å². The Balaban J connectivity index is 0.000000251. The summed E-state index contributed by atoms with van der Waals surface area (Å²) in [6, 6.07) is 21.2. The van der Waals surface area contributed by atoms with Crippen molar-refractivity contribution in [1.82, 2.24) is 19.4 Å². The number of hydrogen-bond donors (Lipinski definition) is 2. The standard InChI is InChI=1S/C23H25FN4O5S.C23H26N4O5S/c1-3-33-23(30)20-13-17(14-25)22(26-15(20)2)28-10-8-19(9-11-28)34(31,32)27-21(29)12-16-4-6-18(24)7-5-16;1-3-32-23(29)20-14-18(15-24)22(25-16(20)2)27-11-9-19(10-12-27)33(30,31)26-21(28)13-17-7-5-4-6-8-17/h4-7,13,19H,3,8-12H2,1-2H3,(H,27,29);4-8,14,19H,3,9-13H2,1-2H3,(H,26,28). The second-order valence-electron chi connectivity index (χ2n) is 15.6. The van der Waals surface area contributed by atoms with Gasteiger partial charge in [0.25, 0.3) is 0 Å². The van der Waals surface area contributed by atoms with E-state index in [1.54, 1.807) is 56.9 Å². The van der Waals surface area contributed by atoms with Crippen molar-refractivity contribution >= 4 is 55.4 Å². The highest BCUT2D eigenvalue weighted by Gasteiger charge is 2.34. The molecule has 2 saturated heterocycles. The summed E-state index contributed by atoms with van der Waals surface area (Å²) in [5.74, 6) is -2.01. The Kier molecular flexibility index (Phi) is 17.5. The molecule has 2 aliphatic rings. The largest absolute Gasteiger partial charge is 0.462 e. The van der Waals surface area contributed by atoms with Crippen LogP contribution in [0.3, 0.4) is 0 Å². The Morgan fingerprint density at radius 1 is 0.657 bits per heavy atom. The van der Waals surface area contributed by atoms with Crippen LogP contribution in [0, 0.1) is 42.3 Å². The van der Waals surface area contributed by atoms with Crippen molar-refractivity contribution in [1.29, 1.82) is 10.5 Å². The van der Waals surface area contributed by atoms with Gasteiger partial charge in [-0.25, -0.2) is 40.8 Å². The predicted molar refractivity (Wildman–Crippen MR) is 244 cm³/mol. The van der Waals surface area contributed by atoms with E-state index >= 15 is 0 Å². The Hall–Kier alpha value is -6.97. The number of rotatable bonds is 14. The molecule has 67 heavy (non-hydrogen) atoms. The van der Waals surface area contributed by atoms with E-state index in [1.807, 2.05) is 17.0 Å². The van der Waals surface area contributed by atoms with E-state index in [0.717, 1.165) is 5.56 Å². The van der Waals surface area contributed by atoms with Gasteiger partial charge in [0.15, 0.2) is 0 Å². The summed E-state index contributed by atoms with van der Waals surface area (Å²) in [5.41, 5.74) is 2.95. The van der Waals surface area contributed by atoms with Crippen molar-refractivity contribution < 1.29 is 49.9 Å². The van der Waals surface area contributed by atoms with Gasteiger partial charge in [0.05, 0.1) is 70.2 Å². The van der Waals surface area contributed by atoms with Gasteiger partial charge in [0, 0.05) is 26.2 Å². The van der Waals surface area contributed by atoms with Gasteiger partial charge in [-0.3, -0.25) is 19.0 Å². The van der Waals surface area contributed by atoms with E-state index in [2.05, 4.69) is 25.5 Å². The average Bonchev–Trinajstić information content (AvgIpc) is 3.30. The first-order valence-electron chi connectivity index (χ1n) is 21.4. The van der Waals surface area contributed by atoms with Crippen LogP contribution in [0.4, 0.5) is 16.0 Å². The maximum atomic E-state index is 13.0. The molecular weight excluding hydrogens is 908 g/mol. The molecule has 4 aromatic rings. The predicted octanol–water partition coefficient (Wildman–Crippen LogP) is 4.33. The fourth-order valence-corrected chi connectivity index (χ4v) is 10.3. The number of carbonyl (C=O) groups excluding carboxylic acids is 4. The normalized spacial score (nSPS) is 14.4. The number of sulfonamides is 2. The van der Waals surface area contributed by atoms with Crippen LogP contribution in [-0.4, -0.2) is 100 Å². The number of nitrogens with zero attached hydrogens (tertiary/aromatic N) is 6. The molecule has 0 radical (unpaired) electrons. The van der Waals surface area contributed by atoms with Gasteiger partial charge in [0.1, 0.15) is 29.6 Å². The number of hydrogen-bond acceptors (Lipinski definition) is 16. The summed E-state index contributed by atoms with van der Waals surface area (Å²) in [4.78, 5) is 61.1. The third-order valence-corrected chi connectivity index (χ3v) is 14.7. The van der Waals surface area contributed by atoms with Crippen LogP contribution in [0.25, 0.3) is 0 Å². The molecule has 6 rings (SSSR count). The molecule has 0 spiro atoms. The van der Waals surface area contributed by atoms with Crippen LogP contribution in [-0.2, 0) is 52.0 Å². The number of pyridine rings is 2. The number of amides is 2. The molecule has 2 N–H and O–H groups in total. The maximum Gasteiger partial charge on any atom is 0.340 e. The van der Waals surface area contributed by atoms with Gasteiger partial charge in [-0.05, 0) is 88.8 Å². The topological polar surface area (TPSA) is 259 Å². The summed E-state index contributed by atoms with van der Waals surface area (Å²) >= 11 is 0. The Morgan fingerprint density at radius 2 is 1.03 bits per heavy atom. The second-order valence-corrected chi connectivity index (χ2v) is 19.6. The smallest absolute Gasteiger partial charge is 0.340 e. The summed E-state index contributed by atoms with van der Waals surface area (Å²) in [6.45, 7) is 8.40. The Morgan fingerprint density at radius 3 is 1.39 bits per heavy atom. The second kappa shape index (κ2) is 23.0. The minimum Gasteiger partial charge on any atom is -0.462 e. The number of nitriles is 2. The lowest BCUT2D eigenvalue weighted by atomic mass is 10.1. The quantitative estimate of drug-likeness (QED) is 0.167. The van der Waals surface area contributed by atoms with Crippen LogP contribution in [0.1, 0.15) is 93.9 Å². The van der Waals surface area contributed by atoms with Gasteiger partial charge in [-0.2, -0.15) is 10.5 Å². The highest BCUT2D eigenvalue weighted by Crippen LogP contribution is 2.28. The van der Waals surface area contributed by atoms with Crippen molar-refractivity contribution in [2.45, 2.75) is 76.7 Å². The zero-order chi connectivity index (χ0) is 48.9. The molecule has 2 aliphatic heterocycles. The highest BCUT2D eigenvalue weighted by molar-refractivity contribution is 7.91. The van der Waals surface area contributed by atoms with Crippen LogP contribution < -0.4 is 19.2 Å². The van der Waals surface area contributed by atoms with Crippen molar-refractivity contribution in [2.75, 3.05) is 49.2 Å². The van der Waals surface area contributed by atoms with E-state index in [-0.39, 0.29) is 74.0 Å². The zero-order valence-electron chi connectivity index (χ0n) is 37.5. The number of benzene rings is 2. The van der Waals surface area contributed by atoms with Gasteiger partial charge in [-0.15, -0.1) is 0 Å². The number of carbonyl (C=O) groups is 4. The molecule has 2 aromatic carbocycles. The fraction of sp³-hybridized carbons (Fsp3) is 0.391. The maximum absolute atomic E-state index is 13.0. The molecular formula is C46H51FN8O10S2. The summed E-state index contributed by atoms with van der Waals surface area (Å²) in [6.07, 6.45) is 0.813. The first kappa shape index (κ1) is 51.0. The van der Waals surface area contributed by atoms with Gasteiger partial charge in [-0.1, -0.05) is 42.5 Å². The number of anilines is 2. The molecule has 0 bridgehead atoms. The molecule has 0 aliphatic carbocycles. The van der Waals surface area contributed by atoms with Crippen LogP contribution >= 0.6 is 0 Å². The van der Waals surface area contributed by atoms with Crippen molar-refractivity contribution in [3.8, 4) is 12.1 Å². The molecule has 18 nitrogen and oxygen atoms in total. The van der Waals surface area contributed by atoms with Crippen LogP contribution in [0.2, 0.25) is 0 Å². The summed E-state index contributed by atoms with van der Waals surface area (Å²) in [5, 5.41) is 17.6. The Labute approximate surface area is 389 Å². The first-order chi connectivity index (χ1) is 31.9.